The molecule has 0 saturated heterocycles. The molecule has 1 aromatic heterocycles. The highest BCUT2D eigenvalue weighted by atomic mass is 19.4. The number of ether oxygens (including phenoxy) is 3. The quantitative estimate of drug-likeness (QED) is 0.212. The van der Waals surface area contributed by atoms with Gasteiger partial charge < -0.3 is 34.9 Å². The number of benzene rings is 1. The summed E-state index contributed by atoms with van der Waals surface area (Å²) in [6.07, 6.45) is -5.67. The highest BCUT2D eigenvalue weighted by molar-refractivity contribution is 5.94. The first-order valence-electron chi connectivity index (χ1n) is 16.9. The van der Waals surface area contributed by atoms with Crippen LogP contribution >= 0.6 is 0 Å². The Bertz CT molecular complexity index is 1520. The minimum atomic E-state index is -5.35. The topological polar surface area (TPSA) is 174 Å². The molecule has 3 N–H and O–H groups in total. The molecule has 0 radical (unpaired) electrons. The molecular weight excluding hydrogens is 689 g/mol. The lowest BCUT2D eigenvalue weighted by Gasteiger charge is -2.41. The Morgan fingerprint density at radius 3 is 2.06 bits per heavy atom. The van der Waals surface area contributed by atoms with Crippen LogP contribution < -0.4 is 15.4 Å². The second-order valence-electron chi connectivity index (χ2n) is 14.6. The number of aliphatic hydroxyl groups is 1. The van der Waals surface area contributed by atoms with Crippen molar-refractivity contribution < 1.29 is 51.7 Å². The molecule has 52 heavy (non-hydrogen) atoms. The fraction of sp³-hybridized carbons (Fsp3) is 0.657. The van der Waals surface area contributed by atoms with Gasteiger partial charge in [-0.3, -0.25) is 14.3 Å². The van der Waals surface area contributed by atoms with Gasteiger partial charge in [-0.15, -0.1) is 5.10 Å². The summed E-state index contributed by atoms with van der Waals surface area (Å²) in [7, 11) is 2.25. The van der Waals surface area contributed by atoms with Gasteiger partial charge in [-0.05, 0) is 64.2 Å². The van der Waals surface area contributed by atoms with E-state index in [0.717, 1.165) is 13.3 Å². The number of methoxy groups -OCH3 is 2. The van der Waals surface area contributed by atoms with Crippen LogP contribution in [-0.2, 0) is 43.4 Å². The van der Waals surface area contributed by atoms with Crippen molar-refractivity contribution in [3.63, 3.8) is 0 Å². The van der Waals surface area contributed by atoms with Gasteiger partial charge >= 0.3 is 18.2 Å². The zero-order valence-electron chi connectivity index (χ0n) is 31.8. The van der Waals surface area contributed by atoms with E-state index in [-0.39, 0.29) is 24.7 Å². The van der Waals surface area contributed by atoms with Gasteiger partial charge in [0, 0.05) is 19.2 Å². The molecule has 1 heterocycles. The lowest BCUT2D eigenvalue weighted by molar-refractivity contribution is -0.261. The third-order valence-corrected chi connectivity index (χ3v) is 8.65. The lowest BCUT2D eigenvalue weighted by atomic mass is 9.93. The average Bonchev–Trinajstić information content (AvgIpc) is 3.49. The number of nitrogens with zero attached hydrogens (tertiary/aromatic N) is 4. The highest BCUT2D eigenvalue weighted by Gasteiger charge is 2.61. The van der Waals surface area contributed by atoms with Gasteiger partial charge in [0.25, 0.3) is 5.60 Å². The molecule has 0 saturated carbocycles. The molecule has 2 rings (SSSR count). The van der Waals surface area contributed by atoms with E-state index < -0.39 is 71.2 Å². The molecule has 17 heteroatoms. The predicted octanol–water partition coefficient (Wildman–Crippen LogP) is 4.18. The largest absolute Gasteiger partial charge is 0.497 e. The third-order valence-electron chi connectivity index (χ3n) is 8.65. The van der Waals surface area contributed by atoms with E-state index in [0.29, 0.717) is 17.7 Å². The van der Waals surface area contributed by atoms with Crippen LogP contribution in [0.2, 0.25) is 0 Å². The first kappa shape index (κ1) is 43.8. The summed E-state index contributed by atoms with van der Waals surface area (Å²) >= 11 is 0. The van der Waals surface area contributed by atoms with Crippen LogP contribution in [0.15, 0.2) is 30.5 Å². The van der Waals surface area contributed by atoms with Gasteiger partial charge in [-0.1, -0.05) is 51.5 Å². The van der Waals surface area contributed by atoms with Crippen molar-refractivity contribution in [1.82, 2.24) is 30.5 Å². The van der Waals surface area contributed by atoms with Crippen LogP contribution in [0.5, 0.6) is 5.75 Å². The fourth-order valence-corrected chi connectivity index (χ4v) is 5.13. The average molecular weight is 743 g/mol. The molecule has 0 spiro atoms. The Morgan fingerprint density at radius 2 is 1.58 bits per heavy atom. The molecule has 2 aromatic rings. The summed E-state index contributed by atoms with van der Waals surface area (Å²) in [6.45, 7) is 15.4. The van der Waals surface area contributed by atoms with E-state index >= 15 is 0 Å². The van der Waals surface area contributed by atoms with E-state index in [1.165, 1.54) is 16.7 Å². The maximum Gasteiger partial charge on any atom is 0.428 e. The molecule has 4 atom stereocenters. The van der Waals surface area contributed by atoms with Gasteiger partial charge in [0.1, 0.15) is 22.9 Å². The second kappa shape index (κ2) is 17.4. The monoisotopic (exact) mass is 742 g/mol. The SMILES string of the molecule is CC[C@H](C)[C@H](Cn1cc(CC(O)(C(=O)OC)C(F)(F)F)nn1)NC(=O)C(C)(C)N(Cc1ccc(OC)cc1)C(=O)[C@@H](NC(=O)OC(C)(C)C)C(C)C. The van der Waals surface area contributed by atoms with Crippen molar-refractivity contribution >= 4 is 23.9 Å². The summed E-state index contributed by atoms with van der Waals surface area (Å²) in [5.41, 5.74) is -5.86. The summed E-state index contributed by atoms with van der Waals surface area (Å²) in [5.74, 6) is -3.00. The number of halogens is 3. The molecule has 0 aliphatic rings. The zero-order valence-corrected chi connectivity index (χ0v) is 31.8. The van der Waals surface area contributed by atoms with Gasteiger partial charge in [-0.2, -0.15) is 13.2 Å². The first-order valence-corrected chi connectivity index (χ1v) is 16.9. The van der Waals surface area contributed by atoms with Crippen LogP contribution in [0, 0.1) is 11.8 Å². The van der Waals surface area contributed by atoms with Crippen LogP contribution in [-0.4, -0.2) is 98.1 Å². The number of carbonyl (C=O) groups excluding carboxylic acids is 4. The number of rotatable bonds is 16. The molecule has 0 aliphatic heterocycles. The minimum absolute atomic E-state index is 0.0226. The van der Waals surface area contributed by atoms with Crippen molar-refractivity contribution in [2.75, 3.05) is 14.2 Å². The number of alkyl carbamates (subject to hydrolysis) is 1. The summed E-state index contributed by atoms with van der Waals surface area (Å²) < 4.78 is 57.0. The van der Waals surface area contributed by atoms with Crippen molar-refractivity contribution in [3.8, 4) is 5.75 Å². The fourth-order valence-electron chi connectivity index (χ4n) is 5.13. The summed E-state index contributed by atoms with van der Waals surface area (Å²) in [5, 5.41) is 23.4. The molecule has 0 fully saturated rings. The molecule has 292 valence electrons. The Kier molecular flexibility index (Phi) is 14.6. The van der Waals surface area contributed by atoms with E-state index in [4.69, 9.17) is 9.47 Å². The number of nitrogens with one attached hydrogen (secondary N) is 2. The van der Waals surface area contributed by atoms with Crippen molar-refractivity contribution in [2.24, 2.45) is 11.8 Å². The number of amides is 3. The zero-order chi connectivity index (χ0) is 39.8. The van der Waals surface area contributed by atoms with Crippen LogP contribution in [0.1, 0.15) is 80.0 Å². The Hall–Kier alpha value is -4.41. The van der Waals surface area contributed by atoms with Crippen LogP contribution in [0.4, 0.5) is 18.0 Å². The standard InChI is InChI=1S/C35H53F3N6O8/c1-12-22(4)26(20-43-19-24(41-42-43)17-34(49,30(47)51-11)35(36,37)38)39-29(46)33(8,9)44(18-23-13-15-25(50-10)16-14-23)28(45)27(21(2)3)40-31(48)52-32(5,6)7/h13-16,19,21-22,26-27,49H,12,17-18,20H2,1-11H3,(H,39,46)(H,40,48)/t22-,26-,27-,34?/m0/s1. The van der Waals surface area contributed by atoms with E-state index in [2.05, 4.69) is 25.7 Å². The third kappa shape index (κ3) is 11.3. The minimum Gasteiger partial charge on any atom is -0.497 e. The lowest BCUT2D eigenvalue weighted by Crippen LogP contribution is -2.63. The first-order chi connectivity index (χ1) is 23.9. The van der Waals surface area contributed by atoms with Gasteiger partial charge in [-0.25, -0.2) is 9.59 Å². The maximum atomic E-state index is 14.4. The van der Waals surface area contributed by atoms with Crippen LogP contribution in [0.3, 0.4) is 0 Å². The predicted molar refractivity (Wildman–Crippen MR) is 184 cm³/mol. The van der Waals surface area contributed by atoms with Gasteiger partial charge in [0.2, 0.25) is 11.8 Å². The molecule has 0 bridgehead atoms. The van der Waals surface area contributed by atoms with E-state index in [1.807, 2.05) is 13.8 Å². The van der Waals surface area contributed by atoms with E-state index in [9.17, 15) is 37.5 Å². The number of aromatic nitrogens is 3. The summed E-state index contributed by atoms with van der Waals surface area (Å²) in [4.78, 5) is 54.7. The van der Waals surface area contributed by atoms with Crippen molar-refractivity contribution in [2.45, 2.75) is 123 Å². The van der Waals surface area contributed by atoms with Crippen LogP contribution in [0.25, 0.3) is 0 Å². The van der Waals surface area contributed by atoms with Gasteiger partial charge in [0.15, 0.2) is 0 Å². The molecular formula is C35H53F3N6O8. The highest BCUT2D eigenvalue weighted by Crippen LogP contribution is 2.34. The molecule has 1 unspecified atom stereocenters. The molecule has 0 aliphatic carbocycles. The molecule has 14 nitrogen and oxygen atoms in total. The van der Waals surface area contributed by atoms with Gasteiger partial charge in [0.05, 0.1) is 32.5 Å². The number of carbonyl (C=O) groups is 4. The Morgan fingerprint density at radius 1 is 0.981 bits per heavy atom. The Balaban J connectivity index is 2.46. The smallest absolute Gasteiger partial charge is 0.428 e. The Labute approximate surface area is 302 Å². The van der Waals surface area contributed by atoms with E-state index in [1.54, 1.807) is 72.7 Å². The number of hydrogen-bond acceptors (Lipinski definition) is 10. The number of alkyl halides is 3. The maximum absolute atomic E-state index is 14.4. The molecule has 1 aromatic carbocycles. The normalized spacial score (nSPS) is 15.2. The van der Waals surface area contributed by atoms with Crippen molar-refractivity contribution in [3.05, 3.63) is 41.7 Å². The number of hydrogen-bond donors (Lipinski definition) is 3. The van der Waals surface area contributed by atoms with Crippen molar-refractivity contribution in [1.29, 1.82) is 0 Å². The summed E-state index contributed by atoms with van der Waals surface area (Å²) in [6, 6.07) is 5.21. The second-order valence-corrected chi connectivity index (χ2v) is 14.6. The molecule has 3 amide bonds. The number of esters is 1.